The number of carbonyl (C=O) groups is 2. The van der Waals surface area contributed by atoms with Crippen molar-refractivity contribution in [1.29, 1.82) is 0 Å². The highest BCUT2D eigenvalue weighted by molar-refractivity contribution is 6.76. The number of ether oxygens (including phenoxy) is 5. The summed E-state index contributed by atoms with van der Waals surface area (Å²) in [7, 11) is 1.64. The Morgan fingerprint density at radius 3 is 2.38 bits per heavy atom. The number of aromatic nitrogens is 2. The fourth-order valence-electron chi connectivity index (χ4n) is 6.05. The van der Waals surface area contributed by atoms with Crippen LogP contribution in [0.1, 0.15) is 62.5 Å². The number of nitrogens with one attached hydrogen (secondary N) is 1. The van der Waals surface area contributed by atoms with E-state index >= 15 is 4.39 Å². The Bertz CT molecular complexity index is 1670. The zero-order valence-corrected chi connectivity index (χ0v) is 31.8. The SMILES string of the molecule is COCn1c(COCC[Si](C)(C)C)c(C(=O)NC2CCN(C(=O)OC(C)(C)C)CC2)c2nccc(-c3cc(F)c(OC)cc3OCC3CC3)c21. The average Bonchev–Trinajstić information content (AvgIpc) is 3.82. The minimum Gasteiger partial charge on any atom is -0.494 e. The number of pyridine rings is 1. The molecule has 0 radical (unpaired) electrons. The number of likely N-dealkylation sites (tertiary alicyclic amines) is 1. The maximum Gasteiger partial charge on any atom is 0.410 e. The van der Waals surface area contributed by atoms with Gasteiger partial charge in [-0.3, -0.25) is 9.78 Å². The van der Waals surface area contributed by atoms with E-state index < -0.39 is 19.5 Å². The standard InChI is InChI=1S/C37H53FN4O7Si/c1-37(2,3)49-36(44)41-15-12-25(13-16-41)40-35(43)32-29(22-47-17-18-50(6,7)8)42(23-45-4)34-26(11-14-39-33(32)34)27-19-28(38)31(46-5)20-30(27)48-21-24-9-10-24/h11,14,19-20,24-25H,9-10,12-13,15-18,21-23H2,1-8H3,(H,40,43). The number of fused-ring (bicyclic) bond motifs is 1. The van der Waals surface area contributed by atoms with Gasteiger partial charge in [-0.1, -0.05) is 19.6 Å². The highest BCUT2D eigenvalue weighted by Crippen LogP contribution is 2.42. The molecule has 1 saturated carbocycles. The van der Waals surface area contributed by atoms with Gasteiger partial charge >= 0.3 is 6.09 Å². The number of rotatable bonds is 14. The predicted molar refractivity (Wildman–Crippen MR) is 193 cm³/mol. The molecule has 274 valence electrons. The molecule has 1 aliphatic carbocycles. The van der Waals surface area contributed by atoms with Gasteiger partial charge in [-0.15, -0.1) is 0 Å². The molecule has 5 rings (SSSR count). The van der Waals surface area contributed by atoms with Crippen LogP contribution in [0.25, 0.3) is 22.2 Å². The Hall–Kier alpha value is -3.68. The average molecular weight is 713 g/mol. The molecular formula is C37H53FN4O7Si. The fourth-order valence-corrected chi connectivity index (χ4v) is 6.80. The van der Waals surface area contributed by atoms with E-state index in [9.17, 15) is 9.59 Å². The quantitative estimate of drug-likeness (QED) is 0.138. The summed E-state index contributed by atoms with van der Waals surface area (Å²) in [6.07, 6.45) is 4.64. The second-order valence-electron chi connectivity index (χ2n) is 15.5. The van der Waals surface area contributed by atoms with Crippen molar-refractivity contribution < 1.29 is 37.7 Å². The molecule has 2 aliphatic rings. The Balaban J connectivity index is 1.53. The van der Waals surface area contributed by atoms with Gasteiger partial charge in [0.25, 0.3) is 5.91 Å². The van der Waals surface area contributed by atoms with Gasteiger partial charge in [0.05, 0.1) is 37.1 Å². The van der Waals surface area contributed by atoms with Crippen LogP contribution >= 0.6 is 0 Å². The summed E-state index contributed by atoms with van der Waals surface area (Å²) in [5.41, 5.74) is 2.66. The van der Waals surface area contributed by atoms with Crippen LogP contribution in [0.5, 0.6) is 11.5 Å². The number of nitrogens with zero attached hydrogens (tertiary/aromatic N) is 3. The van der Waals surface area contributed by atoms with Gasteiger partial charge in [0.1, 0.15) is 23.6 Å². The zero-order chi connectivity index (χ0) is 36.2. The molecular weight excluding hydrogens is 660 g/mol. The van der Waals surface area contributed by atoms with Crippen molar-refractivity contribution in [3.63, 3.8) is 0 Å². The summed E-state index contributed by atoms with van der Waals surface area (Å²) in [5, 5.41) is 3.22. The van der Waals surface area contributed by atoms with Crippen molar-refractivity contribution in [2.24, 2.45) is 5.92 Å². The van der Waals surface area contributed by atoms with Gasteiger partial charge in [-0.25, -0.2) is 9.18 Å². The summed E-state index contributed by atoms with van der Waals surface area (Å²) in [6.45, 7) is 14.7. The van der Waals surface area contributed by atoms with Crippen molar-refractivity contribution in [3.8, 4) is 22.6 Å². The Morgan fingerprint density at radius 1 is 1.04 bits per heavy atom. The molecule has 3 aromatic rings. The Labute approximate surface area is 295 Å². The number of hydrogen-bond acceptors (Lipinski definition) is 8. The first-order chi connectivity index (χ1) is 23.7. The first-order valence-corrected chi connectivity index (χ1v) is 21.3. The molecule has 0 spiro atoms. The maximum absolute atomic E-state index is 15.4. The zero-order valence-electron chi connectivity index (χ0n) is 30.8. The van der Waals surface area contributed by atoms with E-state index in [2.05, 4.69) is 25.0 Å². The summed E-state index contributed by atoms with van der Waals surface area (Å²) < 4.78 is 46.3. The third-order valence-electron chi connectivity index (χ3n) is 8.96. The summed E-state index contributed by atoms with van der Waals surface area (Å²) in [5.74, 6) is 0.233. The number of amides is 2. The number of piperidine rings is 1. The molecule has 0 bridgehead atoms. The van der Waals surface area contributed by atoms with E-state index in [1.807, 2.05) is 31.4 Å². The molecule has 2 amide bonds. The van der Waals surface area contributed by atoms with Crippen LogP contribution in [0, 0.1) is 11.7 Å². The Kier molecular flexibility index (Phi) is 11.8. The number of methoxy groups -OCH3 is 2. The van der Waals surface area contributed by atoms with Crippen LogP contribution in [0.4, 0.5) is 9.18 Å². The molecule has 1 aromatic carbocycles. The molecule has 3 heterocycles. The molecule has 1 N–H and O–H groups in total. The summed E-state index contributed by atoms with van der Waals surface area (Å²) in [4.78, 5) is 33.4. The monoisotopic (exact) mass is 712 g/mol. The van der Waals surface area contributed by atoms with Crippen LogP contribution < -0.4 is 14.8 Å². The fraction of sp³-hybridized carbons (Fsp3) is 0.595. The smallest absolute Gasteiger partial charge is 0.410 e. The molecule has 2 aromatic heterocycles. The van der Waals surface area contributed by atoms with Gasteiger partial charge in [0.2, 0.25) is 0 Å². The number of benzene rings is 1. The highest BCUT2D eigenvalue weighted by atomic mass is 28.3. The van der Waals surface area contributed by atoms with E-state index in [4.69, 9.17) is 28.7 Å². The molecule has 50 heavy (non-hydrogen) atoms. The first kappa shape index (κ1) is 37.6. The molecule has 2 fully saturated rings. The van der Waals surface area contributed by atoms with Crippen LogP contribution in [0.2, 0.25) is 25.7 Å². The lowest BCUT2D eigenvalue weighted by Crippen LogP contribution is -2.47. The van der Waals surface area contributed by atoms with E-state index in [0.717, 1.165) is 18.9 Å². The lowest BCUT2D eigenvalue weighted by Gasteiger charge is -2.33. The maximum atomic E-state index is 15.4. The normalized spacial score (nSPS) is 15.7. The Morgan fingerprint density at radius 2 is 1.76 bits per heavy atom. The summed E-state index contributed by atoms with van der Waals surface area (Å²) >= 11 is 0. The first-order valence-electron chi connectivity index (χ1n) is 17.5. The predicted octanol–water partition coefficient (Wildman–Crippen LogP) is 7.23. The van der Waals surface area contributed by atoms with Crippen molar-refractivity contribution in [1.82, 2.24) is 19.8 Å². The van der Waals surface area contributed by atoms with E-state index in [1.165, 1.54) is 13.2 Å². The van der Waals surface area contributed by atoms with E-state index in [1.54, 1.807) is 24.3 Å². The molecule has 11 nitrogen and oxygen atoms in total. The highest BCUT2D eigenvalue weighted by Gasteiger charge is 2.32. The van der Waals surface area contributed by atoms with Gasteiger partial charge in [-0.05, 0) is 70.5 Å². The third-order valence-corrected chi connectivity index (χ3v) is 10.7. The second-order valence-corrected chi connectivity index (χ2v) is 21.2. The van der Waals surface area contributed by atoms with Gasteiger partial charge in [-0.2, -0.15) is 0 Å². The molecule has 1 saturated heterocycles. The molecule has 13 heteroatoms. The number of carbonyl (C=O) groups excluding carboxylic acids is 2. The van der Waals surface area contributed by atoms with E-state index in [0.29, 0.717) is 84.2 Å². The lowest BCUT2D eigenvalue weighted by atomic mass is 10.0. The van der Waals surface area contributed by atoms with Gasteiger partial charge < -0.3 is 38.5 Å². The van der Waals surface area contributed by atoms with Crippen LogP contribution in [0.3, 0.4) is 0 Å². The molecule has 0 atom stereocenters. The molecule has 1 aliphatic heterocycles. The second kappa shape index (κ2) is 15.7. The largest absolute Gasteiger partial charge is 0.494 e. The molecule has 0 unspecified atom stereocenters. The minimum absolute atomic E-state index is 0.0893. The van der Waals surface area contributed by atoms with Crippen molar-refractivity contribution >= 4 is 31.1 Å². The van der Waals surface area contributed by atoms with Crippen LogP contribution in [-0.2, 0) is 27.5 Å². The third kappa shape index (κ3) is 9.35. The van der Waals surface area contributed by atoms with Gasteiger partial charge in [0, 0.05) is 64.3 Å². The van der Waals surface area contributed by atoms with Crippen molar-refractivity contribution in [3.05, 3.63) is 41.5 Å². The van der Waals surface area contributed by atoms with Crippen molar-refractivity contribution in [2.45, 2.75) is 97.1 Å². The van der Waals surface area contributed by atoms with Crippen LogP contribution in [-0.4, -0.2) is 86.7 Å². The van der Waals surface area contributed by atoms with E-state index in [-0.39, 0.29) is 37.1 Å². The van der Waals surface area contributed by atoms with Crippen LogP contribution in [0.15, 0.2) is 24.4 Å². The minimum atomic E-state index is -1.38. The lowest BCUT2D eigenvalue weighted by molar-refractivity contribution is 0.0199. The number of hydrogen-bond donors (Lipinski definition) is 1. The topological polar surface area (TPSA) is 113 Å². The van der Waals surface area contributed by atoms with Gasteiger partial charge in [0.15, 0.2) is 11.6 Å². The van der Waals surface area contributed by atoms with Crippen molar-refractivity contribution in [2.75, 3.05) is 40.5 Å². The number of halogens is 1. The summed E-state index contributed by atoms with van der Waals surface area (Å²) in [6, 6.07) is 5.61.